The van der Waals surface area contributed by atoms with Gasteiger partial charge in [0.2, 0.25) is 0 Å². The number of hydrogen-bond donors (Lipinski definition) is 2. The maximum Gasteiger partial charge on any atom is 0.177 e. The quantitative estimate of drug-likeness (QED) is 0.463. The smallest absolute Gasteiger partial charge is 0.177 e. The van der Waals surface area contributed by atoms with Gasteiger partial charge in [-0.05, 0) is 36.3 Å². The third-order valence-corrected chi connectivity index (χ3v) is 8.34. The standard InChI is InChI=1S/C28H31BrN2O4/c1-4-31(5-2)17-21-24(18-9-7-6-8-10-18)28(19-11-13-20(29)14-12-19)27(33,26(21)32)25-22(34-3)15-30-16-23(25)35-28/h6-16,21,24,26,32-33H,4-5,17H2,1-3H3/t21?,24?,26-,27+,28+/m1/s1. The van der Waals surface area contributed by atoms with Crippen molar-refractivity contribution in [1.29, 1.82) is 0 Å². The van der Waals surface area contributed by atoms with Gasteiger partial charge in [0.25, 0.3) is 0 Å². The Morgan fingerprint density at radius 3 is 2.37 bits per heavy atom. The number of rotatable bonds is 7. The first-order valence-corrected chi connectivity index (χ1v) is 12.9. The van der Waals surface area contributed by atoms with Gasteiger partial charge in [-0.15, -0.1) is 0 Å². The summed E-state index contributed by atoms with van der Waals surface area (Å²) >= 11 is 3.53. The number of hydrogen-bond acceptors (Lipinski definition) is 6. The number of aliphatic hydroxyl groups is 2. The van der Waals surface area contributed by atoms with Crippen LogP contribution >= 0.6 is 15.9 Å². The first kappa shape index (κ1) is 24.3. The number of aromatic nitrogens is 1. The molecule has 1 aromatic heterocycles. The number of methoxy groups -OCH3 is 1. The van der Waals surface area contributed by atoms with Crippen molar-refractivity contribution >= 4 is 15.9 Å². The summed E-state index contributed by atoms with van der Waals surface area (Å²) in [5.74, 6) is 0.175. The first-order chi connectivity index (χ1) is 16.9. The summed E-state index contributed by atoms with van der Waals surface area (Å²) < 4.78 is 13.4. The van der Waals surface area contributed by atoms with Crippen LogP contribution in [0, 0.1) is 5.92 Å². The van der Waals surface area contributed by atoms with E-state index in [1.54, 1.807) is 19.5 Å². The lowest BCUT2D eigenvalue weighted by Gasteiger charge is -2.41. The molecular formula is C28H31BrN2O4. The Hall–Kier alpha value is -2.45. The summed E-state index contributed by atoms with van der Waals surface area (Å²) in [5.41, 5.74) is -0.805. The molecule has 0 spiro atoms. The summed E-state index contributed by atoms with van der Waals surface area (Å²) in [6.45, 7) is 6.53. The highest BCUT2D eigenvalue weighted by atomic mass is 79.9. The Morgan fingerprint density at radius 1 is 1.06 bits per heavy atom. The summed E-state index contributed by atoms with van der Waals surface area (Å²) in [4.78, 5) is 6.57. The number of fused-ring (bicyclic) bond motifs is 3. The monoisotopic (exact) mass is 538 g/mol. The molecule has 2 unspecified atom stereocenters. The molecule has 2 aliphatic rings. The normalized spacial score (nSPS) is 29.1. The van der Waals surface area contributed by atoms with Crippen LogP contribution in [-0.4, -0.2) is 52.9 Å². The minimum Gasteiger partial charge on any atom is -0.495 e. The highest BCUT2D eigenvalue weighted by Crippen LogP contribution is 2.69. The third kappa shape index (κ3) is 3.44. The molecule has 35 heavy (non-hydrogen) atoms. The van der Waals surface area contributed by atoms with E-state index in [0.29, 0.717) is 23.6 Å². The highest BCUT2D eigenvalue weighted by molar-refractivity contribution is 9.10. The molecule has 5 atom stereocenters. The second-order valence-corrected chi connectivity index (χ2v) is 10.2. The maximum absolute atomic E-state index is 12.8. The zero-order valence-corrected chi connectivity index (χ0v) is 21.8. The van der Waals surface area contributed by atoms with Crippen molar-refractivity contribution in [3.05, 3.63) is 88.2 Å². The van der Waals surface area contributed by atoms with E-state index in [9.17, 15) is 10.2 Å². The van der Waals surface area contributed by atoms with Crippen LogP contribution in [0.25, 0.3) is 0 Å². The molecule has 1 fully saturated rings. The Kier molecular flexibility index (Phi) is 6.38. The van der Waals surface area contributed by atoms with Crippen molar-refractivity contribution in [3.63, 3.8) is 0 Å². The molecule has 7 heteroatoms. The van der Waals surface area contributed by atoms with E-state index in [2.05, 4.69) is 51.8 Å². The average Bonchev–Trinajstić information content (AvgIpc) is 3.26. The van der Waals surface area contributed by atoms with Gasteiger partial charge >= 0.3 is 0 Å². The van der Waals surface area contributed by atoms with Gasteiger partial charge in [0, 0.05) is 22.9 Å². The zero-order chi connectivity index (χ0) is 24.8. The highest BCUT2D eigenvalue weighted by Gasteiger charge is 2.76. The van der Waals surface area contributed by atoms with Crippen LogP contribution in [0.5, 0.6) is 11.5 Å². The van der Waals surface area contributed by atoms with Gasteiger partial charge in [0.15, 0.2) is 11.2 Å². The lowest BCUT2D eigenvalue weighted by Crippen LogP contribution is -2.52. The van der Waals surface area contributed by atoms with E-state index < -0.39 is 17.3 Å². The largest absolute Gasteiger partial charge is 0.495 e. The Bertz CT molecular complexity index is 1190. The minimum absolute atomic E-state index is 0.308. The second-order valence-electron chi connectivity index (χ2n) is 9.31. The molecule has 184 valence electrons. The molecule has 1 aliphatic carbocycles. The fourth-order valence-electron chi connectivity index (χ4n) is 6.21. The van der Waals surface area contributed by atoms with Gasteiger partial charge in [0.1, 0.15) is 11.5 Å². The van der Waals surface area contributed by atoms with Crippen LogP contribution in [0.1, 0.15) is 36.5 Å². The van der Waals surface area contributed by atoms with Crippen LogP contribution in [0.2, 0.25) is 0 Å². The molecule has 1 saturated carbocycles. The lowest BCUT2D eigenvalue weighted by molar-refractivity contribution is -0.152. The fraction of sp³-hybridized carbons (Fsp3) is 0.393. The van der Waals surface area contributed by atoms with E-state index >= 15 is 0 Å². The summed E-state index contributed by atoms with van der Waals surface area (Å²) in [5, 5.41) is 24.9. The molecule has 6 nitrogen and oxygen atoms in total. The molecule has 1 aliphatic heterocycles. The summed E-state index contributed by atoms with van der Waals surface area (Å²) in [7, 11) is 1.55. The van der Waals surface area contributed by atoms with Crippen LogP contribution in [0.3, 0.4) is 0 Å². The van der Waals surface area contributed by atoms with E-state index in [1.807, 2.05) is 42.5 Å². The number of pyridine rings is 1. The molecule has 0 saturated heterocycles. The Balaban J connectivity index is 1.83. The number of halogens is 1. The molecule has 3 aromatic rings. The maximum atomic E-state index is 12.8. The Morgan fingerprint density at radius 2 is 1.74 bits per heavy atom. The number of nitrogens with zero attached hydrogens (tertiary/aromatic N) is 2. The second kappa shape index (κ2) is 9.21. The molecule has 0 radical (unpaired) electrons. The number of benzene rings is 2. The van der Waals surface area contributed by atoms with Gasteiger partial charge in [-0.2, -0.15) is 0 Å². The minimum atomic E-state index is -1.76. The first-order valence-electron chi connectivity index (χ1n) is 12.1. The molecule has 2 N–H and O–H groups in total. The molecular weight excluding hydrogens is 508 g/mol. The van der Waals surface area contributed by atoms with Crippen molar-refractivity contribution in [1.82, 2.24) is 9.88 Å². The zero-order valence-electron chi connectivity index (χ0n) is 20.2. The van der Waals surface area contributed by atoms with Crippen LogP contribution in [-0.2, 0) is 11.2 Å². The molecule has 2 heterocycles. The number of ether oxygens (including phenoxy) is 2. The van der Waals surface area contributed by atoms with Crippen LogP contribution in [0.4, 0.5) is 0 Å². The summed E-state index contributed by atoms with van der Waals surface area (Å²) in [6, 6.07) is 17.9. The fourth-order valence-corrected chi connectivity index (χ4v) is 6.48. The molecule has 2 aromatic carbocycles. The molecule has 0 amide bonds. The topological polar surface area (TPSA) is 75.1 Å². The van der Waals surface area contributed by atoms with Crippen LogP contribution in [0.15, 0.2) is 71.5 Å². The van der Waals surface area contributed by atoms with E-state index in [0.717, 1.165) is 28.7 Å². The SMILES string of the molecule is CCN(CC)CC1C(c2ccccc2)[C@]2(c3ccc(Br)cc3)Oc3cncc(OC)c3[C@]2(O)[C@@H]1O. The average molecular weight is 539 g/mol. The van der Waals surface area contributed by atoms with Crippen molar-refractivity contribution in [3.8, 4) is 11.5 Å². The molecule has 5 rings (SSSR count). The Labute approximate surface area is 214 Å². The van der Waals surface area contributed by atoms with Gasteiger partial charge in [-0.25, -0.2) is 0 Å². The van der Waals surface area contributed by atoms with E-state index in [-0.39, 0.29) is 11.8 Å². The van der Waals surface area contributed by atoms with Crippen molar-refractivity contribution < 1.29 is 19.7 Å². The van der Waals surface area contributed by atoms with Gasteiger partial charge in [-0.1, -0.05) is 72.2 Å². The number of aliphatic hydroxyl groups excluding tert-OH is 1. The van der Waals surface area contributed by atoms with Crippen molar-refractivity contribution in [2.45, 2.75) is 37.1 Å². The lowest BCUT2D eigenvalue weighted by atomic mass is 9.70. The predicted molar refractivity (Wildman–Crippen MR) is 138 cm³/mol. The van der Waals surface area contributed by atoms with E-state index in [1.165, 1.54) is 0 Å². The van der Waals surface area contributed by atoms with E-state index in [4.69, 9.17) is 9.47 Å². The van der Waals surface area contributed by atoms with Crippen LogP contribution < -0.4 is 9.47 Å². The van der Waals surface area contributed by atoms with Gasteiger partial charge < -0.3 is 24.6 Å². The third-order valence-electron chi connectivity index (χ3n) is 7.81. The van der Waals surface area contributed by atoms with Gasteiger partial charge in [0.05, 0.1) is 31.2 Å². The predicted octanol–water partition coefficient (Wildman–Crippen LogP) is 4.44. The van der Waals surface area contributed by atoms with Gasteiger partial charge in [-0.3, -0.25) is 4.98 Å². The molecule has 0 bridgehead atoms. The summed E-state index contributed by atoms with van der Waals surface area (Å²) in [6.07, 6.45) is 2.05. The van der Waals surface area contributed by atoms with Crippen molar-refractivity contribution in [2.75, 3.05) is 26.7 Å². The van der Waals surface area contributed by atoms with Crippen molar-refractivity contribution in [2.24, 2.45) is 5.92 Å².